The molecule has 2 aromatic heterocycles. The number of amides is 1. The predicted molar refractivity (Wildman–Crippen MR) is 103 cm³/mol. The fourth-order valence-electron chi connectivity index (χ4n) is 3.00. The van der Waals surface area contributed by atoms with Crippen molar-refractivity contribution in [3.05, 3.63) is 74.9 Å². The number of hydrogen-bond acceptors (Lipinski definition) is 5. The maximum absolute atomic E-state index is 12.3. The Bertz CT molecular complexity index is 1000. The Balaban J connectivity index is 1.64. The van der Waals surface area contributed by atoms with Crippen molar-refractivity contribution < 1.29 is 9.72 Å². The molecule has 0 aliphatic carbocycles. The summed E-state index contributed by atoms with van der Waals surface area (Å²) < 4.78 is 3.41. The normalized spacial score (nSPS) is 10.8. The highest BCUT2D eigenvalue weighted by atomic mass is 16.6. The van der Waals surface area contributed by atoms with Crippen molar-refractivity contribution in [1.29, 1.82) is 0 Å². The van der Waals surface area contributed by atoms with Gasteiger partial charge in [-0.2, -0.15) is 10.2 Å². The molecule has 0 spiro atoms. The highest BCUT2D eigenvalue weighted by molar-refractivity contribution is 5.94. The molecule has 0 atom stereocenters. The van der Waals surface area contributed by atoms with Gasteiger partial charge in [0.15, 0.2) is 0 Å². The number of nitrogens with one attached hydrogen (secondary N) is 1. The van der Waals surface area contributed by atoms with Crippen LogP contribution in [0.15, 0.2) is 36.7 Å². The molecule has 3 aromatic rings. The molecule has 1 N–H and O–H groups in total. The van der Waals surface area contributed by atoms with E-state index in [1.54, 1.807) is 41.5 Å². The minimum Gasteiger partial charge on any atom is -0.348 e. The third-order valence-electron chi connectivity index (χ3n) is 4.54. The predicted octanol–water partition coefficient (Wildman–Crippen LogP) is 2.60. The first-order chi connectivity index (χ1) is 13.4. The SMILES string of the molecule is CCn1cc(CNC(=O)c2ccc(Cn3nc(C)c([N+](=O)[O-])c3C)cc2)cn1. The number of nitrogens with zero attached hydrogens (tertiary/aromatic N) is 5. The van der Waals surface area contributed by atoms with Gasteiger partial charge in [0.2, 0.25) is 0 Å². The summed E-state index contributed by atoms with van der Waals surface area (Å²) >= 11 is 0. The lowest BCUT2D eigenvalue weighted by molar-refractivity contribution is -0.386. The van der Waals surface area contributed by atoms with E-state index in [0.29, 0.717) is 30.0 Å². The van der Waals surface area contributed by atoms with Crippen LogP contribution in [0.25, 0.3) is 0 Å². The summed E-state index contributed by atoms with van der Waals surface area (Å²) in [5.41, 5.74) is 3.34. The van der Waals surface area contributed by atoms with Crippen LogP contribution in [-0.2, 0) is 19.6 Å². The summed E-state index contributed by atoms with van der Waals surface area (Å²) in [6.07, 6.45) is 3.64. The molecule has 0 bridgehead atoms. The zero-order chi connectivity index (χ0) is 20.3. The molecule has 0 radical (unpaired) electrons. The lowest BCUT2D eigenvalue weighted by Gasteiger charge is -2.07. The lowest BCUT2D eigenvalue weighted by Crippen LogP contribution is -2.22. The molecule has 146 valence electrons. The van der Waals surface area contributed by atoms with E-state index in [0.717, 1.165) is 17.7 Å². The largest absolute Gasteiger partial charge is 0.348 e. The third kappa shape index (κ3) is 4.08. The van der Waals surface area contributed by atoms with Crippen LogP contribution >= 0.6 is 0 Å². The Morgan fingerprint density at radius 3 is 2.50 bits per heavy atom. The van der Waals surface area contributed by atoms with Crippen LogP contribution in [0.5, 0.6) is 0 Å². The van der Waals surface area contributed by atoms with Crippen molar-refractivity contribution in [2.75, 3.05) is 0 Å². The van der Waals surface area contributed by atoms with Gasteiger partial charge < -0.3 is 5.32 Å². The Kier molecular flexibility index (Phi) is 5.53. The van der Waals surface area contributed by atoms with E-state index in [2.05, 4.69) is 15.5 Å². The molecule has 0 unspecified atom stereocenters. The summed E-state index contributed by atoms with van der Waals surface area (Å²) in [5.74, 6) is -0.169. The molecule has 9 nitrogen and oxygen atoms in total. The van der Waals surface area contributed by atoms with Gasteiger partial charge in [-0.15, -0.1) is 0 Å². The lowest BCUT2D eigenvalue weighted by atomic mass is 10.1. The van der Waals surface area contributed by atoms with Crippen molar-refractivity contribution in [3.8, 4) is 0 Å². The highest BCUT2D eigenvalue weighted by Gasteiger charge is 2.21. The van der Waals surface area contributed by atoms with Gasteiger partial charge in [0.25, 0.3) is 5.91 Å². The Morgan fingerprint density at radius 1 is 1.21 bits per heavy atom. The number of carbonyl (C=O) groups is 1. The first-order valence-corrected chi connectivity index (χ1v) is 8.96. The molecule has 1 amide bonds. The highest BCUT2D eigenvalue weighted by Crippen LogP contribution is 2.22. The van der Waals surface area contributed by atoms with Crippen LogP contribution < -0.4 is 5.32 Å². The monoisotopic (exact) mass is 382 g/mol. The van der Waals surface area contributed by atoms with Crippen molar-refractivity contribution in [1.82, 2.24) is 24.9 Å². The molecular formula is C19H22N6O3. The molecule has 0 aliphatic rings. The summed E-state index contributed by atoms with van der Waals surface area (Å²) in [4.78, 5) is 23.0. The standard InChI is InChI=1S/C19H22N6O3/c1-4-23-11-16(10-21-23)9-20-19(26)17-7-5-15(6-8-17)12-24-14(3)18(25(27)28)13(2)22-24/h5-8,10-11H,4,9,12H2,1-3H3,(H,20,26). The van der Waals surface area contributed by atoms with Crippen LogP contribution in [0.4, 0.5) is 5.69 Å². The van der Waals surface area contributed by atoms with E-state index in [4.69, 9.17) is 0 Å². The minimum absolute atomic E-state index is 0.0439. The maximum Gasteiger partial charge on any atom is 0.312 e. The van der Waals surface area contributed by atoms with Gasteiger partial charge in [-0.1, -0.05) is 12.1 Å². The molecule has 1 aromatic carbocycles. The number of carbonyl (C=O) groups excluding carboxylic acids is 1. The zero-order valence-corrected chi connectivity index (χ0v) is 16.0. The van der Waals surface area contributed by atoms with Crippen molar-refractivity contribution in [3.63, 3.8) is 0 Å². The van der Waals surface area contributed by atoms with Crippen LogP contribution in [0.3, 0.4) is 0 Å². The zero-order valence-electron chi connectivity index (χ0n) is 16.0. The third-order valence-corrected chi connectivity index (χ3v) is 4.54. The van der Waals surface area contributed by atoms with Gasteiger partial charge in [-0.25, -0.2) is 0 Å². The van der Waals surface area contributed by atoms with Crippen LogP contribution in [0.2, 0.25) is 0 Å². The van der Waals surface area contributed by atoms with Crippen molar-refractivity contribution in [2.45, 2.75) is 40.4 Å². The topological polar surface area (TPSA) is 108 Å². The second kappa shape index (κ2) is 8.03. The van der Waals surface area contributed by atoms with Gasteiger partial charge in [0.05, 0.1) is 17.7 Å². The fraction of sp³-hybridized carbons (Fsp3) is 0.316. The van der Waals surface area contributed by atoms with Gasteiger partial charge in [-0.05, 0) is 38.5 Å². The first kappa shape index (κ1) is 19.3. The summed E-state index contributed by atoms with van der Waals surface area (Å²) in [6.45, 7) is 6.91. The van der Waals surface area contributed by atoms with E-state index in [1.807, 2.05) is 25.3 Å². The van der Waals surface area contributed by atoms with Crippen molar-refractivity contribution >= 4 is 11.6 Å². The van der Waals surface area contributed by atoms with Crippen LogP contribution in [0, 0.1) is 24.0 Å². The molecule has 28 heavy (non-hydrogen) atoms. The molecular weight excluding hydrogens is 360 g/mol. The van der Waals surface area contributed by atoms with Gasteiger partial charge >= 0.3 is 5.69 Å². The van der Waals surface area contributed by atoms with E-state index >= 15 is 0 Å². The van der Waals surface area contributed by atoms with Crippen LogP contribution in [-0.4, -0.2) is 30.4 Å². The number of rotatable bonds is 7. The van der Waals surface area contributed by atoms with Crippen LogP contribution in [0.1, 0.15) is 39.8 Å². The van der Waals surface area contributed by atoms with E-state index in [1.165, 1.54) is 0 Å². The van der Waals surface area contributed by atoms with E-state index < -0.39 is 4.92 Å². The number of aromatic nitrogens is 4. The number of benzene rings is 1. The average molecular weight is 382 g/mol. The summed E-state index contributed by atoms with van der Waals surface area (Å²) in [7, 11) is 0. The van der Waals surface area contributed by atoms with E-state index in [-0.39, 0.29) is 11.6 Å². The Morgan fingerprint density at radius 2 is 1.93 bits per heavy atom. The number of nitro groups is 1. The molecule has 2 heterocycles. The van der Waals surface area contributed by atoms with Gasteiger partial charge in [0, 0.05) is 30.4 Å². The second-order valence-electron chi connectivity index (χ2n) is 6.52. The van der Waals surface area contributed by atoms with Crippen molar-refractivity contribution in [2.24, 2.45) is 0 Å². The summed E-state index contributed by atoms with van der Waals surface area (Å²) in [5, 5.41) is 22.4. The van der Waals surface area contributed by atoms with Gasteiger partial charge in [-0.3, -0.25) is 24.3 Å². The minimum atomic E-state index is -0.411. The Labute approximate surface area is 162 Å². The molecule has 0 saturated carbocycles. The average Bonchev–Trinajstić information content (AvgIpc) is 3.24. The van der Waals surface area contributed by atoms with Gasteiger partial charge in [0.1, 0.15) is 11.4 Å². The fourth-order valence-corrected chi connectivity index (χ4v) is 3.00. The smallest absolute Gasteiger partial charge is 0.312 e. The molecule has 0 fully saturated rings. The molecule has 0 aliphatic heterocycles. The number of hydrogen-bond donors (Lipinski definition) is 1. The molecule has 3 rings (SSSR count). The maximum atomic E-state index is 12.3. The number of aryl methyl sites for hydroxylation is 2. The Hall–Kier alpha value is -3.49. The molecule has 9 heteroatoms. The quantitative estimate of drug-likeness (QED) is 0.499. The molecule has 0 saturated heterocycles. The summed E-state index contributed by atoms with van der Waals surface area (Å²) in [6, 6.07) is 7.12. The second-order valence-corrected chi connectivity index (χ2v) is 6.52. The first-order valence-electron chi connectivity index (χ1n) is 8.96. The van der Waals surface area contributed by atoms with E-state index in [9.17, 15) is 14.9 Å².